The van der Waals surface area contributed by atoms with E-state index in [1.807, 2.05) is 6.07 Å². The average molecular weight is 464 g/mol. The van der Waals surface area contributed by atoms with Gasteiger partial charge in [0.15, 0.2) is 12.6 Å². The maximum atomic E-state index is 5.90. The second-order valence-corrected chi connectivity index (χ2v) is 11.6. The van der Waals surface area contributed by atoms with Crippen LogP contribution in [0.4, 0.5) is 0 Å². The number of ether oxygens (including phenoxy) is 1. The van der Waals surface area contributed by atoms with Crippen molar-refractivity contribution in [1.82, 2.24) is 0 Å². The van der Waals surface area contributed by atoms with Gasteiger partial charge in [0.25, 0.3) is 0 Å². The number of hydrogen-bond acceptors (Lipinski definition) is 1. The molecule has 0 atom stereocenters. The molecule has 170 valence electrons. The fourth-order valence-corrected chi connectivity index (χ4v) is 8.82. The maximum Gasteiger partial charge on any atom is 0.162 e. The van der Waals surface area contributed by atoms with Crippen LogP contribution in [0.15, 0.2) is 127 Å². The lowest BCUT2D eigenvalue weighted by atomic mass is 10.2. The number of methoxy groups -OCH3 is 1. The standard InChI is InChI=1S/C32H32OP/c1-3-4-5-15-26-32(30-24-16-17-25-31(30)33-2)34(27-18-9-6-10-19-27,28-20-11-7-12-21-28)29-22-13-8-14-23-29/h6-25H,3-5H2,1-2H3/q+1. The average Bonchev–Trinajstić information content (AvgIpc) is 2.92. The van der Waals surface area contributed by atoms with Gasteiger partial charge >= 0.3 is 0 Å². The van der Waals surface area contributed by atoms with Crippen molar-refractivity contribution in [3.63, 3.8) is 0 Å². The smallest absolute Gasteiger partial charge is 0.162 e. The fourth-order valence-electron chi connectivity index (χ4n) is 4.46. The lowest BCUT2D eigenvalue weighted by molar-refractivity contribution is 0.414. The van der Waals surface area contributed by atoms with Gasteiger partial charge in [-0.2, -0.15) is 0 Å². The lowest BCUT2D eigenvalue weighted by Gasteiger charge is -2.29. The van der Waals surface area contributed by atoms with Crippen molar-refractivity contribution in [2.45, 2.75) is 26.2 Å². The second kappa shape index (κ2) is 11.7. The van der Waals surface area contributed by atoms with Crippen LogP contribution in [0.25, 0.3) is 5.31 Å². The minimum atomic E-state index is -2.28. The summed E-state index contributed by atoms with van der Waals surface area (Å²) in [6, 6.07) is 41.2. The van der Waals surface area contributed by atoms with Crippen molar-refractivity contribution in [2.75, 3.05) is 7.11 Å². The maximum absolute atomic E-state index is 5.90. The van der Waals surface area contributed by atoms with Gasteiger partial charge in [0.2, 0.25) is 0 Å². The third-order valence-electron chi connectivity index (χ3n) is 6.07. The van der Waals surface area contributed by atoms with Crippen LogP contribution < -0.4 is 20.7 Å². The number of benzene rings is 4. The summed E-state index contributed by atoms with van der Waals surface area (Å²) < 4.78 is 5.90. The summed E-state index contributed by atoms with van der Waals surface area (Å²) in [4.78, 5) is 0. The third-order valence-corrected chi connectivity index (χ3v) is 10.3. The Bertz CT molecular complexity index is 1140. The molecule has 0 aliphatic heterocycles. The molecule has 4 rings (SSSR count). The first-order valence-corrected chi connectivity index (χ1v) is 13.8. The predicted molar refractivity (Wildman–Crippen MR) is 149 cm³/mol. The highest BCUT2D eigenvalue weighted by Gasteiger charge is 2.51. The molecule has 0 fully saturated rings. The zero-order chi connectivity index (χ0) is 23.6. The van der Waals surface area contributed by atoms with E-state index < -0.39 is 7.26 Å². The molecule has 0 aliphatic carbocycles. The van der Waals surface area contributed by atoms with Crippen LogP contribution in [-0.4, -0.2) is 7.11 Å². The summed E-state index contributed by atoms with van der Waals surface area (Å²) in [5.41, 5.74) is 4.94. The molecule has 4 aromatic rings. The number of allylic oxidation sites excluding steroid dienone is 1. The van der Waals surface area contributed by atoms with Gasteiger partial charge in [-0.15, -0.1) is 0 Å². The van der Waals surface area contributed by atoms with Crippen molar-refractivity contribution in [2.24, 2.45) is 0 Å². The van der Waals surface area contributed by atoms with E-state index in [0.717, 1.165) is 24.2 Å². The zero-order valence-corrected chi connectivity index (χ0v) is 20.9. The van der Waals surface area contributed by atoms with Gasteiger partial charge in [-0.3, -0.25) is 0 Å². The molecule has 0 spiro atoms. The Hall–Kier alpha value is -3.37. The predicted octanol–water partition coefficient (Wildman–Crippen LogP) is 7.38. The summed E-state index contributed by atoms with van der Waals surface area (Å²) in [7, 11) is -0.525. The van der Waals surface area contributed by atoms with Crippen LogP contribution in [0.5, 0.6) is 5.75 Å². The Kier molecular flexibility index (Phi) is 8.16. The quantitative estimate of drug-likeness (QED) is 0.143. The number of hydrogen-bond donors (Lipinski definition) is 0. The van der Waals surface area contributed by atoms with Gasteiger partial charge in [0, 0.05) is 0 Å². The van der Waals surface area contributed by atoms with E-state index in [-0.39, 0.29) is 0 Å². The molecule has 0 saturated heterocycles. The first-order chi connectivity index (χ1) is 16.8. The molecular formula is C32H32OP+. The van der Waals surface area contributed by atoms with Crippen molar-refractivity contribution in [3.8, 4) is 5.75 Å². The Morgan fingerprint density at radius 1 is 0.706 bits per heavy atom. The summed E-state index contributed by atoms with van der Waals surface area (Å²) in [6.45, 7) is 2.23. The Morgan fingerprint density at radius 3 is 1.65 bits per heavy atom. The Morgan fingerprint density at radius 2 is 1.18 bits per heavy atom. The van der Waals surface area contributed by atoms with Gasteiger partial charge in [-0.25, -0.2) is 0 Å². The molecule has 1 nitrogen and oxygen atoms in total. The molecule has 2 heteroatoms. The summed E-state index contributed by atoms with van der Waals surface area (Å²) in [5, 5.41) is 5.13. The van der Waals surface area contributed by atoms with E-state index in [4.69, 9.17) is 4.74 Å². The van der Waals surface area contributed by atoms with Crippen LogP contribution in [-0.2, 0) is 0 Å². The van der Waals surface area contributed by atoms with Gasteiger partial charge in [0.1, 0.15) is 21.7 Å². The first-order valence-electron chi connectivity index (χ1n) is 12.0. The van der Waals surface area contributed by atoms with Crippen LogP contribution in [0.1, 0.15) is 31.7 Å². The third kappa shape index (κ3) is 4.78. The highest BCUT2D eigenvalue weighted by molar-refractivity contribution is 8.03. The molecule has 34 heavy (non-hydrogen) atoms. The Balaban J connectivity index is 2.17. The van der Waals surface area contributed by atoms with Crippen LogP contribution in [0.3, 0.4) is 0 Å². The van der Waals surface area contributed by atoms with Crippen LogP contribution in [0, 0.1) is 0 Å². The summed E-state index contributed by atoms with van der Waals surface area (Å²) in [6.07, 6.45) is 5.56. The van der Waals surface area contributed by atoms with E-state index in [1.165, 1.54) is 27.6 Å². The molecule has 0 N–H and O–H groups in total. The normalized spacial score (nSPS) is 10.9. The highest BCUT2D eigenvalue weighted by atomic mass is 31.2. The second-order valence-electron chi connectivity index (χ2n) is 8.22. The molecule has 0 radical (unpaired) electrons. The minimum Gasteiger partial charge on any atom is -0.496 e. The van der Waals surface area contributed by atoms with Crippen molar-refractivity contribution >= 4 is 28.5 Å². The number of unbranched alkanes of at least 4 members (excludes halogenated alkanes) is 2. The van der Waals surface area contributed by atoms with Gasteiger partial charge in [-0.1, -0.05) is 85.8 Å². The molecule has 0 unspecified atom stereocenters. The largest absolute Gasteiger partial charge is 0.496 e. The molecular weight excluding hydrogens is 431 g/mol. The van der Waals surface area contributed by atoms with Crippen LogP contribution >= 0.6 is 7.26 Å². The molecule has 0 aliphatic rings. The van der Waals surface area contributed by atoms with E-state index in [9.17, 15) is 0 Å². The number of para-hydroxylation sites is 1. The molecule has 0 bridgehead atoms. The molecule has 0 saturated carbocycles. The zero-order valence-electron chi connectivity index (χ0n) is 20.0. The lowest BCUT2D eigenvalue weighted by Crippen LogP contribution is -2.31. The summed E-state index contributed by atoms with van der Waals surface area (Å²) >= 11 is 0. The van der Waals surface area contributed by atoms with Crippen molar-refractivity contribution < 1.29 is 4.74 Å². The molecule has 4 aromatic carbocycles. The van der Waals surface area contributed by atoms with E-state index in [2.05, 4.69) is 128 Å². The van der Waals surface area contributed by atoms with Crippen LogP contribution in [0.2, 0.25) is 0 Å². The number of rotatable bonds is 9. The van der Waals surface area contributed by atoms with Gasteiger partial charge in [0.05, 0.1) is 12.7 Å². The first kappa shape index (κ1) is 23.8. The minimum absolute atomic E-state index is 0.876. The van der Waals surface area contributed by atoms with E-state index in [1.54, 1.807) is 7.11 Å². The van der Waals surface area contributed by atoms with Gasteiger partial charge < -0.3 is 4.74 Å². The summed E-state index contributed by atoms with van der Waals surface area (Å²) in [5.74, 6) is 0.876. The van der Waals surface area contributed by atoms with Gasteiger partial charge in [-0.05, 0) is 67.4 Å². The van der Waals surface area contributed by atoms with E-state index >= 15 is 0 Å². The highest BCUT2D eigenvalue weighted by Crippen LogP contribution is 2.66. The molecule has 0 aromatic heterocycles. The van der Waals surface area contributed by atoms with Crippen molar-refractivity contribution in [3.05, 3.63) is 133 Å². The monoisotopic (exact) mass is 463 g/mol. The fraction of sp³-hybridized carbons (Fsp3) is 0.156. The topological polar surface area (TPSA) is 9.23 Å². The van der Waals surface area contributed by atoms with E-state index in [0.29, 0.717) is 0 Å². The molecule has 0 amide bonds. The SMILES string of the molecule is CCCCC=C=C(c1ccccc1OC)[P+](c1ccccc1)(c1ccccc1)c1ccccc1. The molecule has 0 heterocycles. The Labute approximate surface area is 204 Å². The van der Waals surface area contributed by atoms with Crippen molar-refractivity contribution in [1.29, 1.82) is 0 Å².